The molecule has 1 aromatic rings. The van der Waals surface area contributed by atoms with E-state index in [4.69, 9.17) is 0 Å². The van der Waals surface area contributed by atoms with Gasteiger partial charge in [0.15, 0.2) is 0 Å². The maximum Gasteiger partial charge on any atom is 0.123 e. The summed E-state index contributed by atoms with van der Waals surface area (Å²) in [6.07, 6.45) is 6.34. The number of benzene rings is 1. The molecule has 2 unspecified atom stereocenters. The van der Waals surface area contributed by atoms with Crippen LogP contribution in [0, 0.1) is 11.7 Å². The third-order valence-electron chi connectivity index (χ3n) is 3.93. The Labute approximate surface area is 110 Å². The summed E-state index contributed by atoms with van der Waals surface area (Å²) in [6, 6.07) is 7.88. The zero-order valence-corrected chi connectivity index (χ0v) is 11.5. The first-order chi connectivity index (χ1) is 8.72. The van der Waals surface area contributed by atoms with Gasteiger partial charge in [-0.3, -0.25) is 0 Å². The summed E-state index contributed by atoms with van der Waals surface area (Å²) in [7, 11) is 0. The van der Waals surface area contributed by atoms with Gasteiger partial charge in [0.25, 0.3) is 0 Å². The fraction of sp³-hybridized carbons (Fsp3) is 0.625. The molecular formula is C16H24FN. The van der Waals surface area contributed by atoms with E-state index in [0.717, 1.165) is 12.3 Å². The minimum Gasteiger partial charge on any atom is -0.307 e. The number of rotatable bonds is 7. The van der Waals surface area contributed by atoms with E-state index in [2.05, 4.69) is 19.2 Å². The second-order valence-corrected chi connectivity index (χ2v) is 5.46. The van der Waals surface area contributed by atoms with Crippen LogP contribution in [-0.4, -0.2) is 6.04 Å². The van der Waals surface area contributed by atoms with Crippen LogP contribution in [0.3, 0.4) is 0 Å². The monoisotopic (exact) mass is 249 g/mol. The second-order valence-electron chi connectivity index (χ2n) is 5.46. The summed E-state index contributed by atoms with van der Waals surface area (Å²) in [6.45, 7) is 4.43. The van der Waals surface area contributed by atoms with Gasteiger partial charge in [-0.05, 0) is 42.9 Å². The van der Waals surface area contributed by atoms with Crippen molar-refractivity contribution < 1.29 is 4.39 Å². The van der Waals surface area contributed by atoms with Crippen LogP contribution in [0.15, 0.2) is 24.3 Å². The fourth-order valence-corrected chi connectivity index (χ4v) is 2.54. The van der Waals surface area contributed by atoms with Gasteiger partial charge in [-0.1, -0.05) is 38.8 Å². The Morgan fingerprint density at radius 3 is 2.33 bits per heavy atom. The molecule has 100 valence electrons. The standard InChI is InChI=1S/C16H24FN/c1-3-15(11-12-5-6-12)18-16(4-2)13-7-9-14(17)10-8-13/h7-10,12,15-16,18H,3-6,11H2,1-2H3. The molecule has 1 aliphatic carbocycles. The topological polar surface area (TPSA) is 12.0 Å². The molecule has 0 spiro atoms. The summed E-state index contributed by atoms with van der Waals surface area (Å²) in [5.41, 5.74) is 1.20. The van der Waals surface area contributed by atoms with Crippen molar-refractivity contribution in [1.82, 2.24) is 5.32 Å². The van der Waals surface area contributed by atoms with Crippen molar-refractivity contribution in [1.29, 1.82) is 0 Å². The highest BCUT2D eigenvalue weighted by atomic mass is 19.1. The average molecular weight is 249 g/mol. The molecule has 1 fully saturated rings. The van der Waals surface area contributed by atoms with Crippen molar-refractivity contribution in [3.8, 4) is 0 Å². The highest BCUT2D eigenvalue weighted by Gasteiger charge is 2.25. The molecule has 2 rings (SSSR count). The highest BCUT2D eigenvalue weighted by molar-refractivity contribution is 5.20. The number of hydrogen-bond donors (Lipinski definition) is 1. The van der Waals surface area contributed by atoms with Crippen molar-refractivity contribution in [3.63, 3.8) is 0 Å². The van der Waals surface area contributed by atoms with Crippen LogP contribution in [0.25, 0.3) is 0 Å². The molecule has 1 aliphatic rings. The van der Waals surface area contributed by atoms with Crippen LogP contribution in [0.1, 0.15) is 57.6 Å². The van der Waals surface area contributed by atoms with Gasteiger partial charge in [0.05, 0.1) is 0 Å². The fourth-order valence-electron chi connectivity index (χ4n) is 2.54. The second kappa shape index (κ2) is 6.33. The van der Waals surface area contributed by atoms with Gasteiger partial charge in [-0.25, -0.2) is 4.39 Å². The SMILES string of the molecule is CCC(CC1CC1)NC(CC)c1ccc(F)cc1. The van der Waals surface area contributed by atoms with E-state index in [1.165, 1.54) is 31.2 Å². The molecular weight excluding hydrogens is 225 g/mol. The maximum atomic E-state index is 12.9. The predicted octanol–water partition coefficient (Wildman–Crippen LogP) is 4.45. The average Bonchev–Trinajstić information content (AvgIpc) is 3.19. The summed E-state index contributed by atoms with van der Waals surface area (Å²) < 4.78 is 12.9. The largest absolute Gasteiger partial charge is 0.307 e. The number of nitrogens with one attached hydrogen (secondary N) is 1. The van der Waals surface area contributed by atoms with Crippen molar-refractivity contribution >= 4 is 0 Å². The van der Waals surface area contributed by atoms with E-state index in [1.54, 1.807) is 12.1 Å². The van der Waals surface area contributed by atoms with E-state index < -0.39 is 0 Å². The van der Waals surface area contributed by atoms with E-state index >= 15 is 0 Å². The summed E-state index contributed by atoms with van der Waals surface area (Å²) >= 11 is 0. The predicted molar refractivity (Wildman–Crippen MR) is 74.0 cm³/mol. The van der Waals surface area contributed by atoms with Gasteiger partial charge >= 0.3 is 0 Å². The first kappa shape index (κ1) is 13.5. The quantitative estimate of drug-likeness (QED) is 0.753. The van der Waals surface area contributed by atoms with E-state index in [9.17, 15) is 4.39 Å². The van der Waals surface area contributed by atoms with Crippen molar-refractivity contribution in [2.75, 3.05) is 0 Å². The zero-order chi connectivity index (χ0) is 13.0. The molecule has 2 heteroatoms. The lowest BCUT2D eigenvalue weighted by atomic mass is 10.0. The van der Waals surface area contributed by atoms with Gasteiger partial charge in [0.1, 0.15) is 5.82 Å². The molecule has 0 heterocycles. The van der Waals surface area contributed by atoms with Crippen LogP contribution in [0.4, 0.5) is 4.39 Å². The molecule has 1 saturated carbocycles. The molecule has 18 heavy (non-hydrogen) atoms. The minimum atomic E-state index is -0.154. The zero-order valence-electron chi connectivity index (χ0n) is 11.5. The first-order valence-corrected chi connectivity index (χ1v) is 7.24. The summed E-state index contributed by atoms with van der Waals surface area (Å²) in [4.78, 5) is 0. The molecule has 2 atom stereocenters. The van der Waals surface area contributed by atoms with Gasteiger partial charge < -0.3 is 5.32 Å². The molecule has 0 aliphatic heterocycles. The maximum absolute atomic E-state index is 12.9. The lowest BCUT2D eigenvalue weighted by Crippen LogP contribution is -2.32. The lowest BCUT2D eigenvalue weighted by Gasteiger charge is -2.24. The number of hydrogen-bond acceptors (Lipinski definition) is 1. The highest BCUT2D eigenvalue weighted by Crippen LogP contribution is 2.34. The Bertz CT molecular complexity index is 356. The van der Waals surface area contributed by atoms with Crippen molar-refractivity contribution in [2.45, 2.75) is 58.0 Å². The minimum absolute atomic E-state index is 0.154. The van der Waals surface area contributed by atoms with E-state index in [0.29, 0.717) is 12.1 Å². The third-order valence-corrected chi connectivity index (χ3v) is 3.93. The Kier molecular flexibility index (Phi) is 4.76. The Hall–Kier alpha value is -0.890. The molecule has 1 nitrogen and oxygen atoms in total. The molecule has 0 bridgehead atoms. The van der Waals surface area contributed by atoms with Gasteiger partial charge in [-0.15, -0.1) is 0 Å². The molecule has 1 aromatic carbocycles. The normalized spacial score (nSPS) is 18.6. The van der Waals surface area contributed by atoms with Crippen molar-refractivity contribution in [3.05, 3.63) is 35.6 Å². The molecule has 0 aromatic heterocycles. The lowest BCUT2D eigenvalue weighted by molar-refractivity contribution is 0.383. The molecule has 0 radical (unpaired) electrons. The van der Waals surface area contributed by atoms with E-state index in [-0.39, 0.29) is 5.82 Å². The number of halogens is 1. The molecule has 1 N–H and O–H groups in total. The van der Waals surface area contributed by atoms with Crippen LogP contribution >= 0.6 is 0 Å². The van der Waals surface area contributed by atoms with Crippen LogP contribution in [0.5, 0.6) is 0 Å². The van der Waals surface area contributed by atoms with Crippen LogP contribution in [0.2, 0.25) is 0 Å². The summed E-state index contributed by atoms with van der Waals surface area (Å²) in [5, 5.41) is 3.74. The smallest absolute Gasteiger partial charge is 0.123 e. The van der Waals surface area contributed by atoms with Crippen LogP contribution < -0.4 is 5.32 Å². The Morgan fingerprint density at radius 1 is 1.17 bits per heavy atom. The third kappa shape index (κ3) is 3.81. The van der Waals surface area contributed by atoms with Gasteiger partial charge in [0, 0.05) is 12.1 Å². The molecule has 0 saturated heterocycles. The van der Waals surface area contributed by atoms with Gasteiger partial charge in [0.2, 0.25) is 0 Å². The van der Waals surface area contributed by atoms with Gasteiger partial charge in [-0.2, -0.15) is 0 Å². The summed E-state index contributed by atoms with van der Waals surface area (Å²) in [5.74, 6) is 0.798. The van der Waals surface area contributed by atoms with Crippen molar-refractivity contribution in [2.24, 2.45) is 5.92 Å². The Morgan fingerprint density at radius 2 is 1.83 bits per heavy atom. The Balaban J connectivity index is 1.96. The first-order valence-electron chi connectivity index (χ1n) is 7.24. The van der Waals surface area contributed by atoms with E-state index in [1.807, 2.05) is 12.1 Å². The van der Waals surface area contributed by atoms with Crippen LogP contribution in [-0.2, 0) is 0 Å². The molecule has 0 amide bonds.